The van der Waals surface area contributed by atoms with E-state index in [0.717, 1.165) is 0 Å². The van der Waals surface area contributed by atoms with Gasteiger partial charge in [0, 0.05) is 6.20 Å². The van der Waals surface area contributed by atoms with Crippen LogP contribution in [0.1, 0.15) is 26.6 Å². The number of aryl methyl sites for hydroxylation is 1. The van der Waals surface area contributed by atoms with E-state index >= 15 is 0 Å². The third kappa shape index (κ3) is 2.12. The molecule has 0 atom stereocenters. The van der Waals surface area contributed by atoms with E-state index in [1.807, 2.05) is 0 Å². The smallest absolute Gasteiger partial charge is 0.356 e. The molecule has 0 spiro atoms. The monoisotopic (exact) mass is 300 g/mol. The zero-order chi connectivity index (χ0) is 15.9. The van der Waals surface area contributed by atoms with Crippen LogP contribution >= 0.6 is 0 Å². The highest BCUT2D eigenvalue weighted by Gasteiger charge is 2.21. The predicted molar refractivity (Wildman–Crippen MR) is 75.9 cm³/mol. The Morgan fingerprint density at radius 1 is 1.32 bits per heavy atom. The molecule has 3 rings (SSSR count). The number of carbonyl (C=O) groups is 2. The van der Waals surface area contributed by atoms with Gasteiger partial charge in [0.1, 0.15) is 5.76 Å². The Balaban J connectivity index is 2.27. The number of methoxy groups -OCH3 is 1. The Labute approximate surface area is 124 Å². The van der Waals surface area contributed by atoms with Crippen LogP contribution in [0.15, 0.2) is 34.9 Å². The minimum atomic E-state index is -1.19. The number of aromatic carboxylic acids is 1. The number of carboxylic acid groups (broad SMARTS) is 1. The number of aromatic nitrogens is 2. The quantitative estimate of drug-likeness (QED) is 0.746. The second kappa shape index (κ2) is 5.03. The SMILES string of the molecule is COC(=O)c1ccn2c(-c3ccc(C)o3)nc(C(=O)O)c2c1. The van der Waals surface area contributed by atoms with Crippen molar-refractivity contribution in [2.24, 2.45) is 0 Å². The van der Waals surface area contributed by atoms with Crippen molar-refractivity contribution in [3.05, 3.63) is 47.5 Å². The number of pyridine rings is 1. The van der Waals surface area contributed by atoms with Crippen LogP contribution in [0, 0.1) is 6.92 Å². The summed E-state index contributed by atoms with van der Waals surface area (Å²) in [4.78, 5) is 27.1. The van der Waals surface area contributed by atoms with Gasteiger partial charge in [0.2, 0.25) is 0 Å². The van der Waals surface area contributed by atoms with Crippen molar-refractivity contribution >= 4 is 17.5 Å². The van der Waals surface area contributed by atoms with Crippen LogP contribution in [-0.4, -0.2) is 33.5 Å². The minimum Gasteiger partial charge on any atom is -0.476 e. The molecule has 0 aliphatic rings. The number of rotatable bonds is 3. The second-order valence-electron chi connectivity index (χ2n) is 4.66. The number of hydrogen-bond donors (Lipinski definition) is 1. The van der Waals surface area contributed by atoms with E-state index in [9.17, 15) is 14.7 Å². The van der Waals surface area contributed by atoms with E-state index in [1.165, 1.54) is 19.2 Å². The Hall–Kier alpha value is -3.09. The Morgan fingerprint density at radius 2 is 2.09 bits per heavy atom. The Kier molecular flexibility index (Phi) is 3.17. The number of carboxylic acids is 1. The van der Waals surface area contributed by atoms with Gasteiger partial charge in [-0.25, -0.2) is 14.6 Å². The van der Waals surface area contributed by atoms with Crippen LogP contribution in [0.5, 0.6) is 0 Å². The fourth-order valence-corrected chi connectivity index (χ4v) is 2.21. The van der Waals surface area contributed by atoms with Gasteiger partial charge in [-0.05, 0) is 31.2 Å². The number of carbonyl (C=O) groups excluding carboxylic acids is 1. The lowest BCUT2D eigenvalue weighted by atomic mass is 10.2. The maximum absolute atomic E-state index is 11.6. The molecule has 3 aromatic rings. The average Bonchev–Trinajstić information content (AvgIpc) is 3.09. The fraction of sp³-hybridized carbons (Fsp3) is 0.133. The van der Waals surface area contributed by atoms with Crippen LogP contribution in [0.25, 0.3) is 17.1 Å². The standard InChI is InChI=1S/C15H12N2O5/c1-8-3-4-11(22-8)13-16-12(14(18)19)10-7-9(15(20)21-2)5-6-17(10)13/h3-7H,1-2H3,(H,18,19). The third-order valence-electron chi connectivity index (χ3n) is 3.23. The molecule has 0 amide bonds. The summed E-state index contributed by atoms with van der Waals surface area (Å²) < 4.78 is 11.7. The first-order valence-corrected chi connectivity index (χ1v) is 6.42. The number of nitrogens with zero attached hydrogens (tertiary/aromatic N) is 2. The lowest BCUT2D eigenvalue weighted by molar-refractivity contribution is 0.0599. The molecule has 0 unspecified atom stereocenters. The van der Waals surface area contributed by atoms with Crippen LogP contribution in [0.4, 0.5) is 0 Å². The number of hydrogen-bond acceptors (Lipinski definition) is 5. The summed E-state index contributed by atoms with van der Waals surface area (Å²) in [5.74, 6) is -0.234. The number of fused-ring (bicyclic) bond motifs is 1. The largest absolute Gasteiger partial charge is 0.476 e. The summed E-state index contributed by atoms with van der Waals surface area (Å²) in [7, 11) is 1.26. The van der Waals surface area contributed by atoms with Gasteiger partial charge in [0.25, 0.3) is 0 Å². The topological polar surface area (TPSA) is 94.0 Å². The lowest BCUT2D eigenvalue weighted by Crippen LogP contribution is -2.03. The van der Waals surface area contributed by atoms with E-state index in [0.29, 0.717) is 22.9 Å². The summed E-state index contributed by atoms with van der Waals surface area (Å²) in [6.45, 7) is 1.78. The first-order chi connectivity index (χ1) is 10.5. The van der Waals surface area contributed by atoms with Crippen LogP contribution in [-0.2, 0) is 4.74 Å². The highest BCUT2D eigenvalue weighted by Crippen LogP contribution is 2.25. The van der Waals surface area contributed by atoms with Gasteiger partial charge in [-0.1, -0.05) is 0 Å². The van der Waals surface area contributed by atoms with Crippen molar-refractivity contribution in [3.63, 3.8) is 0 Å². The number of imidazole rings is 1. The molecule has 7 heteroatoms. The average molecular weight is 300 g/mol. The van der Waals surface area contributed by atoms with Crippen LogP contribution < -0.4 is 0 Å². The minimum absolute atomic E-state index is 0.158. The van der Waals surface area contributed by atoms with Crippen molar-refractivity contribution in [2.75, 3.05) is 7.11 Å². The molecule has 0 fully saturated rings. The van der Waals surface area contributed by atoms with E-state index in [1.54, 1.807) is 29.7 Å². The van der Waals surface area contributed by atoms with Gasteiger partial charge in [0.15, 0.2) is 17.3 Å². The molecule has 0 aliphatic carbocycles. The summed E-state index contributed by atoms with van der Waals surface area (Å²) in [5, 5.41) is 9.31. The Bertz CT molecular complexity index is 891. The molecule has 7 nitrogen and oxygen atoms in total. The zero-order valence-corrected chi connectivity index (χ0v) is 11.9. The fourth-order valence-electron chi connectivity index (χ4n) is 2.21. The van der Waals surface area contributed by atoms with E-state index in [2.05, 4.69) is 9.72 Å². The first kappa shape index (κ1) is 13.9. The van der Waals surface area contributed by atoms with Gasteiger partial charge < -0.3 is 14.3 Å². The summed E-state index contributed by atoms with van der Waals surface area (Å²) in [6.07, 6.45) is 1.56. The van der Waals surface area contributed by atoms with Crippen molar-refractivity contribution < 1.29 is 23.8 Å². The van der Waals surface area contributed by atoms with Gasteiger partial charge in [-0.2, -0.15) is 0 Å². The molecule has 0 saturated carbocycles. The van der Waals surface area contributed by atoms with Crippen molar-refractivity contribution in [2.45, 2.75) is 6.92 Å². The maximum atomic E-state index is 11.6. The molecule has 0 aliphatic heterocycles. The van der Waals surface area contributed by atoms with Crippen molar-refractivity contribution in [3.8, 4) is 11.6 Å². The normalized spacial score (nSPS) is 10.8. The molecule has 3 aromatic heterocycles. The van der Waals surface area contributed by atoms with Crippen LogP contribution in [0.2, 0.25) is 0 Å². The molecule has 0 bridgehead atoms. The molecule has 1 N–H and O–H groups in total. The van der Waals surface area contributed by atoms with Gasteiger partial charge >= 0.3 is 11.9 Å². The molecule has 0 radical (unpaired) electrons. The lowest BCUT2D eigenvalue weighted by Gasteiger charge is -2.02. The van der Waals surface area contributed by atoms with Crippen LogP contribution in [0.3, 0.4) is 0 Å². The number of furan rings is 1. The zero-order valence-electron chi connectivity index (χ0n) is 11.9. The van der Waals surface area contributed by atoms with Crippen molar-refractivity contribution in [1.29, 1.82) is 0 Å². The number of ether oxygens (including phenoxy) is 1. The highest BCUT2D eigenvalue weighted by molar-refractivity contribution is 5.97. The second-order valence-corrected chi connectivity index (χ2v) is 4.66. The summed E-state index contributed by atoms with van der Waals surface area (Å²) in [5.41, 5.74) is 0.383. The predicted octanol–water partition coefficient (Wildman–Crippen LogP) is 2.39. The molecule has 112 valence electrons. The highest BCUT2D eigenvalue weighted by atomic mass is 16.5. The maximum Gasteiger partial charge on any atom is 0.356 e. The van der Waals surface area contributed by atoms with Gasteiger partial charge in [-0.3, -0.25) is 4.40 Å². The van der Waals surface area contributed by atoms with E-state index < -0.39 is 11.9 Å². The Morgan fingerprint density at radius 3 is 2.68 bits per heavy atom. The van der Waals surface area contributed by atoms with E-state index in [4.69, 9.17) is 4.42 Å². The van der Waals surface area contributed by atoms with E-state index in [-0.39, 0.29) is 11.3 Å². The molecular weight excluding hydrogens is 288 g/mol. The molecular formula is C15H12N2O5. The molecule has 22 heavy (non-hydrogen) atoms. The summed E-state index contributed by atoms with van der Waals surface area (Å²) >= 11 is 0. The van der Waals surface area contributed by atoms with Crippen molar-refractivity contribution in [1.82, 2.24) is 9.38 Å². The number of esters is 1. The third-order valence-corrected chi connectivity index (χ3v) is 3.23. The van der Waals surface area contributed by atoms with Gasteiger partial charge in [-0.15, -0.1) is 0 Å². The molecule has 0 saturated heterocycles. The summed E-state index contributed by atoms with van der Waals surface area (Å²) in [6, 6.07) is 6.44. The van der Waals surface area contributed by atoms with Gasteiger partial charge in [0.05, 0.1) is 18.2 Å². The molecule has 0 aromatic carbocycles. The molecule has 3 heterocycles. The first-order valence-electron chi connectivity index (χ1n) is 6.42.